The van der Waals surface area contributed by atoms with Gasteiger partial charge in [-0.05, 0) is 0 Å². The smallest absolute Gasteiger partial charge is 0.351 e. The van der Waals surface area contributed by atoms with E-state index in [-0.39, 0.29) is 10.0 Å². The van der Waals surface area contributed by atoms with Gasteiger partial charge in [0.15, 0.2) is 21.0 Å². The zero-order valence-electron chi connectivity index (χ0n) is 10.4. The Hall–Kier alpha value is -1.80. The van der Waals surface area contributed by atoms with Crippen molar-refractivity contribution in [3.8, 4) is 5.88 Å². The molecule has 0 bridgehead atoms. The molecule has 0 aromatic carbocycles. The van der Waals surface area contributed by atoms with E-state index in [0.29, 0.717) is 16.8 Å². The molecular weight excluding hydrogens is 292 g/mol. The maximum atomic E-state index is 11.4. The topological polar surface area (TPSA) is 78.3 Å². The Labute approximate surface area is 118 Å². The second-order valence-corrected chi connectivity index (χ2v) is 4.81. The number of esters is 1. The van der Waals surface area contributed by atoms with Crippen molar-refractivity contribution in [2.75, 3.05) is 19.5 Å². The zero-order valence-corrected chi connectivity index (χ0v) is 12.0. The minimum atomic E-state index is -0.519. The molecule has 7 nitrogen and oxygen atoms in total. The van der Waals surface area contributed by atoms with Crippen LogP contribution in [0, 0.1) is 0 Å². The molecule has 0 spiro atoms. The fourth-order valence-electron chi connectivity index (χ4n) is 1.39. The molecule has 1 N–H and O–H groups in total. The van der Waals surface area contributed by atoms with Crippen LogP contribution in [0.15, 0.2) is 6.07 Å². The summed E-state index contributed by atoms with van der Waals surface area (Å²) in [5.74, 6) is 0.619. The first-order chi connectivity index (χ1) is 9.05. The third-order valence-electron chi connectivity index (χ3n) is 2.24. The molecule has 0 aliphatic carbocycles. The van der Waals surface area contributed by atoms with E-state index in [1.54, 1.807) is 24.9 Å². The molecule has 0 amide bonds. The van der Waals surface area contributed by atoms with Gasteiger partial charge in [-0.2, -0.15) is 5.10 Å². The van der Waals surface area contributed by atoms with E-state index in [1.807, 2.05) is 0 Å². The maximum absolute atomic E-state index is 11.4. The van der Waals surface area contributed by atoms with E-state index < -0.39 is 5.97 Å². The fourth-order valence-corrected chi connectivity index (χ4v) is 2.50. The molecule has 2 aromatic heterocycles. The molecule has 9 heteroatoms. The van der Waals surface area contributed by atoms with Crippen molar-refractivity contribution in [2.24, 2.45) is 7.05 Å². The van der Waals surface area contributed by atoms with Crippen LogP contribution in [0.3, 0.4) is 0 Å². The number of methoxy groups -OCH3 is 2. The fraction of sp³-hybridized carbons (Fsp3) is 0.300. The second kappa shape index (κ2) is 5.45. The molecular formula is C10H11ClN4O3S. The number of rotatable bonds is 4. The second-order valence-electron chi connectivity index (χ2n) is 3.45. The van der Waals surface area contributed by atoms with Gasteiger partial charge in [-0.15, -0.1) is 0 Å². The maximum Gasteiger partial charge on any atom is 0.351 e. The molecule has 0 aliphatic rings. The van der Waals surface area contributed by atoms with Crippen molar-refractivity contribution < 1.29 is 14.3 Å². The number of carbonyl (C=O) groups excluding carboxylic acids is 1. The van der Waals surface area contributed by atoms with Crippen LogP contribution in [0.1, 0.15) is 9.67 Å². The van der Waals surface area contributed by atoms with Crippen molar-refractivity contribution in [2.45, 2.75) is 0 Å². The number of nitrogens with one attached hydrogen (secondary N) is 1. The molecule has 0 unspecified atom stereocenters. The number of ether oxygens (including phenoxy) is 2. The lowest BCUT2D eigenvalue weighted by atomic mass is 10.6. The summed E-state index contributed by atoms with van der Waals surface area (Å²) in [7, 11) is 4.59. The Balaban J connectivity index is 2.21. The summed E-state index contributed by atoms with van der Waals surface area (Å²) in [6.45, 7) is 0. The van der Waals surface area contributed by atoms with E-state index in [1.165, 1.54) is 7.11 Å². The average molecular weight is 303 g/mol. The van der Waals surface area contributed by atoms with Crippen molar-refractivity contribution in [1.82, 2.24) is 14.8 Å². The van der Waals surface area contributed by atoms with E-state index in [9.17, 15) is 4.79 Å². The van der Waals surface area contributed by atoms with Crippen LogP contribution in [0.4, 0.5) is 10.9 Å². The third-order valence-corrected chi connectivity index (χ3v) is 3.57. The summed E-state index contributed by atoms with van der Waals surface area (Å²) in [6.07, 6.45) is 0. The largest absolute Gasteiger partial charge is 0.481 e. The van der Waals surface area contributed by atoms with E-state index in [0.717, 1.165) is 11.3 Å². The van der Waals surface area contributed by atoms with E-state index in [2.05, 4.69) is 20.1 Å². The molecule has 0 aliphatic heterocycles. The summed E-state index contributed by atoms with van der Waals surface area (Å²) >= 11 is 6.95. The van der Waals surface area contributed by atoms with Crippen molar-refractivity contribution >= 4 is 39.9 Å². The van der Waals surface area contributed by atoms with Gasteiger partial charge < -0.3 is 14.8 Å². The van der Waals surface area contributed by atoms with Gasteiger partial charge in [0.2, 0.25) is 5.88 Å². The zero-order chi connectivity index (χ0) is 14.0. The predicted octanol–water partition coefficient (Wildman–Crippen LogP) is 2.07. The van der Waals surface area contributed by atoms with Crippen LogP contribution >= 0.6 is 22.9 Å². The summed E-state index contributed by atoms with van der Waals surface area (Å²) < 4.78 is 11.3. The standard InChI is InChI=1S/C10H11ClN4O3S/c1-15-6(17-2)4-5(14-15)12-10-13-8(11)7(19-10)9(16)18-3/h4H,1-3H3,(H,12,13,14). The molecule has 2 aromatic rings. The molecule has 0 saturated heterocycles. The van der Waals surface area contributed by atoms with Crippen LogP contribution < -0.4 is 10.1 Å². The summed E-state index contributed by atoms with van der Waals surface area (Å²) in [5, 5.41) is 7.66. The number of carbonyl (C=O) groups is 1. The van der Waals surface area contributed by atoms with Gasteiger partial charge >= 0.3 is 5.97 Å². The van der Waals surface area contributed by atoms with E-state index in [4.69, 9.17) is 16.3 Å². The molecule has 2 rings (SSSR count). The van der Waals surface area contributed by atoms with Gasteiger partial charge in [0.1, 0.15) is 0 Å². The number of thiazole rings is 1. The molecule has 2 heterocycles. The van der Waals surface area contributed by atoms with Gasteiger partial charge in [0.05, 0.1) is 14.2 Å². The summed E-state index contributed by atoms with van der Waals surface area (Å²) in [5.41, 5.74) is 0. The number of nitrogens with zero attached hydrogens (tertiary/aromatic N) is 3. The highest BCUT2D eigenvalue weighted by Gasteiger charge is 2.18. The Bertz CT molecular complexity index is 610. The normalized spacial score (nSPS) is 10.3. The van der Waals surface area contributed by atoms with Gasteiger partial charge in [-0.25, -0.2) is 14.5 Å². The number of hydrogen-bond donors (Lipinski definition) is 1. The summed E-state index contributed by atoms with van der Waals surface area (Å²) in [6, 6.07) is 1.70. The first kappa shape index (κ1) is 13.6. The van der Waals surface area contributed by atoms with Crippen LogP contribution in [0.2, 0.25) is 5.15 Å². The number of aromatic nitrogens is 3. The molecule has 19 heavy (non-hydrogen) atoms. The lowest BCUT2D eigenvalue weighted by Gasteiger charge is -1.95. The third kappa shape index (κ3) is 2.79. The van der Waals surface area contributed by atoms with Crippen molar-refractivity contribution in [3.05, 3.63) is 16.1 Å². The molecule has 0 fully saturated rings. The SMILES string of the molecule is COC(=O)c1sc(Nc2cc(OC)n(C)n2)nc1Cl. The highest BCUT2D eigenvalue weighted by atomic mass is 35.5. The van der Waals surface area contributed by atoms with Gasteiger partial charge in [0.25, 0.3) is 0 Å². The lowest BCUT2D eigenvalue weighted by molar-refractivity contribution is 0.0606. The van der Waals surface area contributed by atoms with E-state index >= 15 is 0 Å². The number of aryl methyl sites for hydroxylation is 1. The number of hydrogen-bond acceptors (Lipinski definition) is 7. The molecule has 0 atom stereocenters. The van der Waals surface area contributed by atoms with Crippen LogP contribution in [0.25, 0.3) is 0 Å². The van der Waals surface area contributed by atoms with Gasteiger partial charge in [-0.3, -0.25) is 0 Å². The van der Waals surface area contributed by atoms with Crippen LogP contribution in [0.5, 0.6) is 5.88 Å². The predicted molar refractivity (Wildman–Crippen MR) is 71.5 cm³/mol. The van der Waals surface area contributed by atoms with Crippen molar-refractivity contribution in [3.63, 3.8) is 0 Å². The quantitative estimate of drug-likeness (QED) is 0.871. The Morgan fingerprint density at radius 3 is 2.84 bits per heavy atom. The highest BCUT2D eigenvalue weighted by molar-refractivity contribution is 7.18. The molecule has 0 radical (unpaired) electrons. The van der Waals surface area contributed by atoms with Gasteiger partial charge in [-0.1, -0.05) is 22.9 Å². The van der Waals surface area contributed by atoms with Gasteiger partial charge in [0, 0.05) is 13.1 Å². The minimum absolute atomic E-state index is 0.0993. The first-order valence-electron chi connectivity index (χ1n) is 5.15. The van der Waals surface area contributed by atoms with Crippen LogP contribution in [-0.4, -0.2) is 35.0 Å². The molecule has 0 saturated carbocycles. The monoisotopic (exact) mass is 302 g/mol. The van der Waals surface area contributed by atoms with Crippen LogP contribution in [-0.2, 0) is 11.8 Å². The molecule has 102 valence electrons. The number of halogens is 1. The van der Waals surface area contributed by atoms with Crippen molar-refractivity contribution in [1.29, 1.82) is 0 Å². The first-order valence-corrected chi connectivity index (χ1v) is 6.34. The Morgan fingerprint density at radius 1 is 1.53 bits per heavy atom. The Morgan fingerprint density at radius 2 is 2.26 bits per heavy atom. The summed E-state index contributed by atoms with van der Waals surface area (Å²) in [4.78, 5) is 15.7. The highest BCUT2D eigenvalue weighted by Crippen LogP contribution is 2.30. The Kier molecular flexibility index (Phi) is 3.91. The lowest BCUT2D eigenvalue weighted by Crippen LogP contribution is -1.98. The minimum Gasteiger partial charge on any atom is -0.481 e. The number of anilines is 2. The average Bonchev–Trinajstić information content (AvgIpc) is 2.91.